The molecule has 0 bridgehead atoms. The molecule has 3 nitrogen and oxygen atoms in total. The highest BCUT2D eigenvalue weighted by Crippen LogP contribution is 2.28. The third kappa shape index (κ3) is 1.52. The Labute approximate surface area is 93.4 Å². The van der Waals surface area contributed by atoms with Crippen molar-refractivity contribution in [1.82, 2.24) is 4.98 Å². The molecule has 0 fully saturated rings. The number of methoxy groups -OCH3 is 1. The second-order valence-electron chi connectivity index (χ2n) is 2.97. The molecule has 1 aromatic heterocycles. The zero-order valence-corrected chi connectivity index (χ0v) is 9.39. The first-order valence-corrected chi connectivity index (χ1v) is 4.98. The number of hydrogen-bond acceptors (Lipinski definition) is 2. The minimum Gasteiger partial charge on any atom is -0.465 e. The smallest absolute Gasteiger partial charge is 0.341 e. The molecule has 0 atom stereocenters. The van der Waals surface area contributed by atoms with Crippen molar-refractivity contribution in [3.63, 3.8) is 0 Å². The number of aromatic nitrogens is 1. The fraction of sp³-hybridized carbons (Fsp3) is 0.100. The van der Waals surface area contributed by atoms with E-state index in [1.165, 1.54) is 13.2 Å². The van der Waals surface area contributed by atoms with E-state index in [9.17, 15) is 9.18 Å². The van der Waals surface area contributed by atoms with Crippen molar-refractivity contribution >= 4 is 32.8 Å². The van der Waals surface area contributed by atoms with Crippen LogP contribution in [0.5, 0.6) is 0 Å². The fourth-order valence-electron chi connectivity index (χ4n) is 1.47. The fourth-order valence-corrected chi connectivity index (χ4v) is 2.00. The van der Waals surface area contributed by atoms with Gasteiger partial charge in [0.15, 0.2) is 0 Å². The number of hydrogen-bond donors (Lipinski definition) is 1. The summed E-state index contributed by atoms with van der Waals surface area (Å²) in [6, 6.07) is 2.88. The van der Waals surface area contributed by atoms with E-state index in [1.54, 1.807) is 12.3 Å². The lowest BCUT2D eigenvalue weighted by Gasteiger charge is -2.04. The second kappa shape index (κ2) is 3.66. The zero-order chi connectivity index (χ0) is 11.0. The van der Waals surface area contributed by atoms with Gasteiger partial charge >= 0.3 is 5.97 Å². The molecule has 0 radical (unpaired) electrons. The van der Waals surface area contributed by atoms with Gasteiger partial charge in [-0.05, 0) is 28.1 Å². The van der Waals surface area contributed by atoms with Crippen LogP contribution in [0.4, 0.5) is 4.39 Å². The molecule has 0 aliphatic rings. The number of rotatable bonds is 1. The summed E-state index contributed by atoms with van der Waals surface area (Å²) in [6.45, 7) is 0. The van der Waals surface area contributed by atoms with Crippen molar-refractivity contribution in [1.29, 1.82) is 0 Å². The molecule has 0 amide bonds. The van der Waals surface area contributed by atoms with E-state index in [4.69, 9.17) is 0 Å². The molecule has 2 aromatic rings. The minimum absolute atomic E-state index is 0.0445. The Morgan fingerprint density at radius 1 is 1.60 bits per heavy atom. The summed E-state index contributed by atoms with van der Waals surface area (Å²) in [4.78, 5) is 14.3. The first kappa shape index (κ1) is 10.2. The number of H-pyrrole nitrogens is 1. The second-order valence-corrected chi connectivity index (χ2v) is 3.83. The molecule has 1 N–H and O–H groups in total. The highest BCUT2D eigenvalue weighted by Gasteiger charge is 2.18. The molecule has 0 spiro atoms. The van der Waals surface area contributed by atoms with Crippen molar-refractivity contribution in [2.24, 2.45) is 0 Å². The Morgan fingerprint density at radius 2 is 2.33 bits per heavy atom. The van der Waals surface area contributed by atoms with Gasteiger partial charge in [0.2, 0.25) is 0 Å². The zero-order valence-electron chi connectivity index (χ0n) is 7.80. The Balaban J connectivity index is 2.82. The first-order chi connectivity index (χ1) is 7.15. The number of halogens is 2. The molecule has 1 aromatic carbocycles. The van der Waals surface area contributed by atoms with Crippen molar-refractivity contribution in [3.8, 4) is 0 Å². The van der Waals surface area contributed by atoms with E-state index in [1.807, 2.05) is 0 Å². The monoisotopic (exact) mass is 271 g/mol. The molecule has 0 aliphatic heterocycles. The number of carbonyl (C=O) groups excluding carboxylic acids is 1. The quantitative estimate of drug-likeness (QED) is 0.811. The molecule has 0 saturated heterocycles. The van der Waals surface area contributed by atoms with Gasteiger partial charge in [-0.25, -0.2) is 9.18 Å². The highest BCUT2D eigenvalue weighted by molar-refractivity contribution is 9.10. The maximum Gasteiger partial charge on any atom is 0.341 e. The molecule has 1 heterocycles. The third-order valence-electron chi connectivity index (χ3n) is 2.14. The highest BCUT2D eigenvalue weighted by atomic mass is 79.9. The number of carbonyl (C=O) groups is 1. The molecule has 5 heteroatoms. The Kier molecular flexibility index (Phi) is 2.48. The molecule has 78 valence electrons. The largest absolute Gasteiger partial charge is 0.465 e. The van der Waals surface area contributed by atoms with E-state index in [0.29, 0.717) is 15.4 Å². The van der Waals surface area contributed by atoms with E-state index in [0.717, 1.165) is 0 Å². The summed E-state index contributed by atoms with van der Waals surface area (Å²) in [5.74, 6) is -1.27. The Morgan fingerprint density at radius 3 is 3.00 bits per heavy atom. The number of fused-ring (bicyclic) bond motifs is 1. The number of ether oxygens (including phenoxy) is 1. The van der Waals surface area contributed by atoms with Gasteiger partial charge in [0.05, 0.1) is 12.6 Å². The standard InChI is InChI=1S/C10H7BrFNO2/c1-15-10(14)8-5-2-3-13-9(5)6(11)4-7(8)12/h2-4,13H,1H3. The van der Waals surface area contributed by atoms with Crippen molar-refractivity contribution < 1.29 is 13.9 Å². The average molecular weight is 272 g/mol. The van der Waals surface area contributed by atoms with E-state index < -0.39 is 11.8 Å². The van der Waals surface area contributed by atoms with E-state index in [2.05, 4.69) is 25.7 Å². The molecular formula is C10H7BrFNO2. The predicted molar refractivity (Wildman–Crippen MR) is 57.3 cm³/mol. The van der Waals surface area contributed by atoms with Gasteiger partial charge in [-0.3, -0.25) is 0 Å². The first-order valence-electron chi connectivity index (χ1n) is 4.18. The maximum absolute atomic E-state index is 13.6. The molecule has 0 saturated carbocycles. The van der Waals surface area contributed by atoms with Crippen molar-refractivity contribution in [3.05, 3.63) is 34.2 Å². The summed E-state index contributed by atoms with van der Waals surface area (Å²) in [7, 11) is 1.22. The van der Waals surface area contributed by atoms with Crippen LogP contribution >= 0.6 is 15.9 Å². The number of aromatic amines is 1. The summed E-state index contributed by atoms with van der Waals surface area (Å²) < 4.78 is 18.7. The van der Waals surface area contributed by atoms with Gasteiger partial charge in [-0.15, -0.1) is 0 Å². The lowest BCUT2D eigenvalue weighted by Crippen LogP contribution is -2.05. The van der Waals surface area contributed by atoms with Gasteiger partial charge < -0.3 is 9.72 Å². The van der Waals surface area contributed by atoms with Crippen LogP contribution in [0.25, 0.3) is 10.9 Å². The lowest BCUT2D eigenvalue weighted by molar-refractivity contribution is 0.0598. The molecular weight excluding hydrogens is 265 g/mol. The van der Waals surface area contributed by atoms with Crippen LogP contribution in [0.2, 0.25) is 0 Å². The SMILES string of the molecule is COC(=O)c1c(F)cc(Br)c2[nH]ccc12. The van der Waals surface area contributed by atoms with Gasteiger partial charge in [-0.1, -0.05) is 0 Å². The molecule has 0 aliphatic carbocycles. The van der Waals surface area contributed by atoms with Crippen molar-refractivity contribution in [2.45, 2.75) is 0 Å². The topological polar surface area (TPSA) is 42.1 Å². The van der Waals surface area contributed by atoms with Gasteiger partial charge in [0, 0.05) is 16.1 Å². The Hall–Kier alpha value is -1.36. The van der Waals surface area contributed by atoms with E-state index in [-0.39, 0.29) is 5.56 Å². The predicted octanol–water partition coefficient (Wildman–Crippen LogP) is 2.86. The van der Waals surface area contributed by atoms with Crippen LogP contribution < -0.4 is 0 Å². The number of benzene rings is 1. The Bertz CT molecular complexity index is 535. The van der Waals surface area contributed by atoms with Crippen LogP contribution in [0.1, 0.15) is 10.4 Å². The third-order valence-corrected chi connectivity index (χ3v) is 2.76. The van der Waals surface area contributed by atoms with Gasteiger partial charge in [0.1, 0.15) is 11.4 Å². The number of nitrogens with one attached hydrogen (secondary N) is 1. The minimum atomic E-state index is -0.676. The number of esters is 1. The van der Waals surface area contributed by atoms with Gasteiger partial charge in [0.25, 0.3) is 0 Å². The van der Waals surface area contributed by atoms with Crippen LogP contribution in [0.3, 0.4) is 0 Å². The van der Waals surface area contributed by atoms with Crippen LogP contribution in [-0.2, 0) is 4.74 Å². The molecule has 2 rings (SSSR count). The van der Waals surface area contributed by atoms with Gasteiger partial charge in [-0.2, -0.15) is 0 Å². The summed E-state index contributed by atoms with van der Waals surface area (Å²) in [5.41, 5.74) is 0.633. The summed E-state index contributed by atoms with van der Waals surface area (Å²) >= 11 is 3.21. The normalized spacial score (nSPS) is 10.6. The lowest BCUT2D eigenvalue weighted by atomic mass is 10.1. The summed E-state index contributed by atoms with van der Waals surface area (Å²) in [6.07, 6.45) is 1.64. The molecule has 15 heavy (non-hydrogen) atoms. The summed E-state index contributed by atoms with van der Waals surface area (Å²) in [5, 5.41) is 0.508. The van der Waals surface area contributed by atoms with E-state index >= 15 is 0 Å². The van der Waals surface area contributed by atoms with Crippen LogP contribution in [0, 0.1) is 5.82 Å². The van der Waals surface area contributed by atoms with Crippen LogP contribution in [0.15, 0.2) is 22.8 Å². The van der Waals surface area contributed by atoms with Crippen molar-refractivity contribution in [2.75, 3.05) is 7.11 Å². The maximum atomic E-state index is 13.6. The van der Waals surface area contributed by atoms with Crippen LogP contribution in [-0.4, -0.2) is 18.1 Å². The average Bonchev–Trinajstić information content (AvgIpc) is 2.66. The molecule has 0 unspecified atom stereocenters.